The first-order chi connectivity index (χ1) is 15.0. The molecule has 0 aliphatic rings. The second-order valence-electron chi connectivity index (χ2n) is 6.48. The molecule has 2 N–H and O–H groups in total. The largest absolute Gasteiger partial charge is 0.508 e. The van der Waals surface area contributed by atoms with Gasteiger partial charge in [0.2, 0.25) is 0 Å². The third kappa shape index (κ3) is 5.87. The monoisotopic (exact) mass is 478 g/mol. The van der Waals surface area contributed by atoms with Gasteiger partial charge in [0.1, 0.15) is 24.0 Å². The number of methoxy groups -OCH3 is 1. The SMILES string of the molecule is COc1cc(/C=C(/C#N)C(=O)Nc2ccc(O)cc2)cc(Br)c1OCc1ccccc1. The molecule has 0 atom stereocenters. The number of nitrogens with zero attached hydrogens (tertiary/aromatic N) is 1. The highest BCUT2D eigenvalue weighted by Gasteiger charge is 2.14. The van der Waals surface area contributed by atoms with Crippen LogP contribution in [-0.4, -0.2) is 18.1 Å². The number of phenols is 1. The Labute approximate surface area is 188 Å². The maximum atomic E-state index is 12.5. The Balaban J connectivity index is 1.81. The lowest BCUT2D eigenvalue weighted by molar-refractivity contribution is -0.112. The third-order valence-corrected chi connectivity index (χ3v) is 4.87. The minimum atomic E-state index is -0.562. The van der Waals surface area contributed by atoms with Gasteiger partial charge < -0.3 is 19.9 Å². The molecule has 0 bridgehead atoms. The summed E-state index contributed by atoms with van der Waals surface area (Å²) in [5.74, 6) is 0.511. The molecule has 3 rings (SSSR count). The number of carbonyl (C=O) groups excluding carboxylic acids is 1. The van der Waals surface area contributed by atoms with Crippen molar-refractivity contribution >= 4 is 33.6 Å². The molecule has 0 unspecified atom stereocenters. The predicted molar refractivity (Wildman–Crippen MR) is 122 cm³/mol. The number of hydrogen-bond acceptors (Lipinski definition) is 5. The van der Waals surface area contributed by atoms with E-state index in [-0.39, 0.29) is 11.3 Å². The Bertz CT molecular complexity index is 1140. The van der Waals surface area contributed by atoms with Gasteiger partial charge in [0.05, 0.1) is 11.6 Å². The molecule has 3 aromatic rings. The molecule has 0 spiro atoms. The van der Waals surface area contributed by atoms with Crippen LogP contribution in [0.3, 0.4) is 0 Å². The zero-order chi connectivity index (χ0) is 22.2. The summed E-state index contributed by atoms with van der Waals surface area (Å²) in [6, 6.07) is 21.1. The number of nitrogens with one attached hydrogen (secondary N) is 1. The van der Waals surface area contributed by atoms with Crippen LogP contribution in [0.5, 0.6) is 17.2 Å². The van der Waals surface area contributed by atoms with Crippen molar-refractivity contribution in [2.24, 2.45) is 0 Å². The molecule has 0 saturated carbocycles. The molecule has 31 heavy (non-hydrogen) atoms. The van der Waals surface area contributed by atoms with Gasteiger partial charge in [0.15, 0.2) is 11.5 Å². The van der Waals surface area contributed by atoms with E-state index in [4.69, 9.17) is 9.47 Å². The topological polar surface area (TPSA) is 91.6 Å². The fourth-order valence-electron chi connectivity index (χ4n) is 2.75. The average Bonchev–Trinajstić information content (AvgIpc) is 2.78. The molecule has 0 fully saturated rings. The summed E-state index contributed by atoms with van der Waals surface area (Å²) in [5.41, 5.74) is 1.98. The van der Waals surface area contributed by atoms with E-state index >= 15 is 0 Å². The number of amides is 1. The molecule has 156 valence electrons. The molecule has 6 nitrogen and oxygen atoms in total. The normalized spacial score (nSPS) is 10.8. The summed E-state index contributed by atoms with van der Waals surface area (Å²) in [7, 11) is 1.52. The maximum absolute atomic E-state index is 12.5. The van der Waals surface area contributed by atoms with E-state index in [0.29, 0.717) is 33.8 Å². The number of halogens is 1. The Morgan fingerprint density at radius 3 is 2.52 bits per heavy atom. The fourth-order valence-corrected chi connectivity index (χ4v) is 3.33. The van der Waals surface area contributed by atoms with Gasteiger partial charge in [-0.25, -0.2) is 0 Å². The maximum Gasteiger partial charge on any atom is 0.266 e. The summed E-state index contributed by atoms with van der Waals surface area (Å²) in [6.45, 7) is 0.365. The number of phenolic OH excluding ortho intramolecular Hbond substituents is 1. The van der Waals surface area contributed by atoms with E-state index in [1.54, 1.807) is 24.3 Å². The summed E-state index contributed by atoms with van der Waals surface area (Å²) in [4.78, 5) is 12.5. The standard InChI is InChI=1S/C24H19BrN2O4/c1-30-22-13-17(12-21(25)23(22)31-15-16-5-3-2-4-6-16)11-18(14-26)24(29)27-19-7-9-20(28)10-8-19/h2-13,28H,15H2,1H3,(H,27,29)/b18-11-. The van der Waals surface area contributed by atoms with Gasteiger partial charge in [0, 0.05) is 5.69 Å². The first-order valence-corrected chi connectivity index (χ1v) is 10.1. The highest BCUT2D eigenvalue weighted by Crippen LogP contribution is 2.37. The fraction of sp³-hybridized carbons (Fsp3) is 0.0833. The van der Waals surface area contributed by atoms with Gasteiger partial charge in [-0.05, 0) is 69.5 Å². The lowest BCUT2D eigenvalue weighted by atomic mass is 10.1. The van der Waals surface area contributed by atoms with Crippen molar-refractivity contribution in [3.05, 3.63) is 87.9 Å². The number of anilines is 1. The molecule has 3 aromatic carbocycles. The number of carbonyl (C=O) groups is 1. The van der Waals surface area contributed by atoms with Crippen molar-refractivity contribution in [1.29, 1.82) is 5.26 Å². The minimum absolute atomic E-state index is 0.0834. The van der Waals surface area contributed by atoms with Crippen molar-refractivity contribution in [2.45, 2.75) is 6.61 Å². The van der Waals surface area contributed by atoms with E-state index < -0.39 is 5.91 Å². The van der Waals surface area contributed by atoms with Crippen LogP contribution in [0.25, 0.3) is 6.08 Å². The Morgan fingerprint density at radius 2 is 1.87 bits per heavy atom. The molecule has 7 heteroatoms. The van der Waals surface area contributed by atoms with E-state index in [1.165, 1.54) is 25.3 Å². The Morgan fingerprint density at radius 1 is 1.16 bits per heavy atom. The molecule has 0 aromatic heterocycles. The molecule has 0 aliphatic heterocycles. The van der Waals surface area contributed by atoms with Crippen LogP contribution in [0.2, 0.25) is 0 Å². The highest BCUT2D eigenvalue weighted by atomic mass is 79.9. The highest BCUT2D eigenvalue weighted by molar-refractivity contribution is 9.10. The molecule has 1 amide bonds. The zero-order valence-electron chi connectivity index (χ0n) is 16.6. The number of ether oxygens (including phenoxy) is 2. The quantitative estimate of drug-likeness (QED) is 0.273. The van der Waals surface area contributed by atoms with E-state index in [2.05, 4.69) is 21.2 Å². The molecule has 0 saturated heterocycles. The van der Waals surface area contributed by atoms with Crippen molar-refractivity contribution in [2.75, 3.05) is 12.4 Å². The second kappa shape index (κ2) is 10.3. The second-order valence-corrected chi connectivity index (χ2v) is 7.33. The van der Waals surface area contributed by atoms with Crippen LogP contribution < -0.4 is 14.8 Å². The number of aromatic hydroxyl groups is 1. The van der Waals surface area contributed by atoms with Crippen LogP contribution >= 0.6 is 15.9 Å². The number of rotatable bonds is 7. The Hall–Kier alpha value is -3.76. The molecule has 0 heterocycles. The zero-order valence-corrected chi connectivity index (χ0v) is 18.2. The lowest BCUT2D eigenvalue weighted by Gasteiger charge is -2.14. The molecule has 0 radical (unpaired) electrons. The van der Waals surface area contributed by atoms with Crippen LogP contribution in [0.15, 0.2) is 76.8 Å². The minimum Gasteiger partial charge on any atom is -0.508 e. The third-order valence-electron chi connectivity index (χ3n) is 4.28. The van der Waals surface area contributed by atoms with Crippen LogP contribution in [0.1, 0.15) is 11.1 Å². The molecule has 0 aliphatic carbocycles. The van der Waals surface area contributed by atoms with Gasteiger partial charge in [-0.3, -0.25) is 4.79 Å². The van der Waals surface area contributed by atoms with Crippen molar-refractivity contribution in [3.63, 3.8) is 0 Å². The summed E-state index contributed by atoms with van der Waals surface area (Å²) < 4.78 is 12.0. The van der Waals surface area contributed by atoms with Gasteiger partial charge in [-0.1, -0.05) is 30.3 Å². The first kappa shape index (κ1) is 21.9. The van der Waals surface area contributed by atoms with Crippen LogP contribution in [0.4, 0.5) is 5.69 Å². The smallest absolute Gasteiger partial charge is 0.266 e. The Kier molecular flexibility index (Phi) is 7.31. The van der Waals surface area contributed by atoms with E-state index in [9.17, 15) is 15.2 Å². The van der Waals surface area contributed by atoms with Gasteiger partial charge in [0.25, 0.3) is 5.91 Å². The van der Waals surface area contributed by atoms with Crippen molar-refractivity contribution in [1.82, 2.24) is 0 Å². The van der Waals surface area contributed by atoms with Crippen molar-refractivity contribution in [3.8, 4) is 23.3 Å². The van der Waals surface area contributed by atoms with Gasteiger partial charge in [-0.2, -0.15) is 5.26 Å². The van der Waals surface area contributed by atoms with E-state index in [0.717, 1.165) is 5.56 Å². The van der Waals surface area contributed by atoms with Crippen LogP contribution in [-0.2, 0) is 11.4 Å². The molecular weight excluding hydrogens is 460 g/mol. The van der Waals surface area contributed by atoms with Gasteiger partial charge in [-0.15, -0.1) is 0 Å². The average molecular weight is 479 g/mol. The predicted octanol–water partition coefficient (Wildman–Crippen LogP) is 5.29. The summed E-state index contributed by atoms with van der Waals surface area (Å²) >= 11 is 3.48. The summed E-state index contributed by atoms with van der Waals surface area (Å²) in [6.07, 6.45) is 1.46. The molecular formula is C24H19BrN2O4. The summed E-state index contributed by atoms with van der Waals surface area (Å²) in [5, 5.41) is 21.4. The number of benzene rings is 3. The number of nitriles is 1. The first-order valence-electron chi connectivity index (χ1n) is 9.26. The number of hydrogen-bond donors (Lipinski definition) is 2. The van der Waals surface area contributed by atoms with E-state index in [1.807, 2.05) is 36.4 Å². The van der Waals surface area contributed by atoms with Gasteiger partial charge >= 0.3 is 0 Å². The van der Waals surface area contributed by atoms with Crippen LogP contribution in [0, 0.1) is 11.3 Å². The van der Waals surface area contributed by atoms with Crippen molar-refractivity contribution < 1.29 is 19.4 Å². The lowest BCUT2D eigenvalue weighted by Crippen LogP contribution is -2.13.